The summed E-state index contributed by atoms with van der Waals surface area (Å²) < 4.78 is 15.3. The lowest BCUT2D eigenvalue weighted by atomic mass is 10.1. The van der Waals surface area contributed by atoms with Gasteiger partial charge in [0.05, 0.1) is 6.61 Å². The van der Waals surface area contributed by atoms with Crippen molar-refractivity contribution in [3.05, 3.63) is 0 Å². The summed E-state index contributed by atoms with van der Waals surface area (Å²) in [4.78, 5) is 11.0. The zero-order valence-electron chi connectivity index (χ0n) is 8.54. The summed E-state index contributed by atoms with van der Waals surface area (Å²) in [6.45, 7) is 3.16. The quantitative estimate of drug-likeness (QED) is 0.446. The first kappa shape index (κ1) is 10.8. The van der Waals surface area contributed by atoms with E-state index in [-0.39, 0.29) is 6.61 Å². The van der Waals surface area contributed by atoms with Gasteiger partial charge in [0.1, 0.15) is 12.2 Å². The van der Waals surface area contributed by atoms with E-state index in [1.807, 2.05) is 0 Å². The predicted octanol–water partition coefficient (Wildman–Crippen LogP) is -1.21. The molecule has 0 spiro atoms. The van der Waals surface area contributed by atoms with Crippen molar-refractivity contribution in [1.82, 2.24) is 0 Å². The highest BCUT2D eigenvalue weighted by Crippen LogP contribution is 2.31. The molecule has 4 atom stereocenters. The van der Waals surface area contributed by atoms with Crippen molar-refractivity contribution in [2.75, 3.05) is 6.61 Å². The van der Waals surface area contributed by atoms with Crippen molar-refractivity contribution in [2.24, 2.45) is 0 Å². The van der Waals surface area contributed by atoms with E-state index < -0.39 is 36.2 Å². The van der Waals surface area contributed by atoms with Crippen molar-refractivity contribution < 1.29 is 29.2 Å². The van der Waals surface area contributed by atoms with Crippen LogP contribution >= 0.6 is 0 Å². The van der Waals surface area contributed by atoms with E-state index in [2.05, 4.69) is 0 Å². The Morgan fingerprint density at radius 2 is 2.13 bits per heavy atom. The second-order valence-corrected chi connectivity index (χ2v) is 4.25. The molecule has 0 saturated carbocycles. The standard InChI is InChI=1S/C9H14O6/c1-9(2,12)15-4-3-13-7-5(10)8(11)14-6(4)7/h4-7,10,12H,3H2,1-2H3/t4-,5?,6-,7?/m1/s1. The molecule has 0 aliphatic carbocycles. The number of ether oxygens (including phenoxy) is 3. The fourth-order valence-corrected chi connectivity index (χ4v) is 1.83. The smallest absolute Gasteiger partial charge is 0.338 e. The highest BCUT2D eigenvalue weighted by molar-refractivity contribution is 5.78. The third-order valence-corrected chi connectivity index (χ3v) is 2.39. The first-order valence-electron chi connectivity index (χ1n) is 4.79. The average molecular weight is 218 g/mol. The molecule has 15 heavy (non-hydrogen) atoms. The largest absolute Gasteiger partial charge is 0.455 e. The van der Waals surface area contributed by atoms with Gasteiger partial charge in [-0.2, -0.15) is 0 Å². The lowest BCUT2D eigenvalue weighted by Gasteiger charge is -2.25. The van der Waals surface area contributed by atoms with Gasteiger partial charge in [-0.1, -0.05) is 0 Å². The highest BCUT2D eigenvalue weighted by Gasteiger charge is 2.54. The van der Waals surface area contributed by atoms with Gasteiger partial charge in [0, 0.05) is 0 Å². The average Bonchev–Trinajstić information content (AvgIpc) is 2.56. The lowest BCUT2D eigenvalue weighted by Crippen LogP contribution is -2.38. The summed E-state index contributed by atoms with van der Waals surface area (Å²) in [6.07, 6.45) is -3.08. The van der Waals surface area contributed by atoms with Crippen LogP contribution in [0.5, 0.6) is 0 Å². The molecule has 0 aromatic carbocycles. The van der Waals surface area contributed by atoms with E-state index in [0.29, 0.717) is 0 Å². The SMILES string of the molecule is CC(C)(O)O[C@@H]1COC2C(O)C(=O)O[C@@H]21. The molecule has 2 rings (SSSR count). The molecule has 0 radical (unpaired) electrons. The van der Waals surface area contributed by atoms with Gasteiger partial charge in [0.15, 0.2) is 18.0 Å². The van der Waals surface area contributed by atoms with Crippen LogP contribution in [0.4, 0.5) is 0 Å². The van der Waals surface area contributed by atoms with Gasteiger partial charge < -0.3 is 24.4 Å². The van der Waals surface area contributed by atoms with Gasteiger partial charge in [-0.15, -0.1) is 0 Å². The first-order chi connectivity index (χ1) is 6.88. The number of carbonyl (C=O) groups is 1. The zero-order valence-corrected chi connectivity index (χ0v) is 8.54. The van der Waals surface area contributed by atoms with Crippen LogP contribution in [0.2, 0.25) is 0 Å². The minimum absolute atomic E-state index is 0.198. The van der Waals surface area contributed by atoms with Crippen molar-refractivity contribution in [2.45, 2.75) is 44.1 Å². The van der Waals surface area contributed by atoms with Crippen LogP contribution in [0.3, 0.4) is 0 Å². The van der Waals surface area contributed by atoms with Crippen LogP contribution < -0.4 is 0 Å². The number of aliphatic hydroxyl groups is 2. The minimum Gasteiger partial charge on any atom is -0.455 e. The fraction of sp³-hybridized carbons (Fsp3) is 0.889. The molecule has 0 aromatic rings. The molecule has 2 aliphatic rings. The molecule has 0 aromatic heterocycles. The van der Waals surface area contributed by atoms with Crippen molar-refractivity contribution in [1.29, 1.82) is 0 Å². The lowest BCUT2D eigenvalue weighted by molar-refractivity contribution is -0.220. The topological polar surface area (TPSA) is 85.2 Å². The maximum Gasteiger partial charge on any atom is 0.338 e. The highest BCUT2D eigenvalue weighted by atomic mass is 16.7. The van der Waals surface area contributed by atoms with Gasteiger partial charge in [-0.25, -0.2) is 4.79 Å². The molecular formula is C9H14O6. The van der Waals surface area contributed by atoms with Crippen LogP contribution in [-0.2, 0) is 19.0 Å². The van der Waals surface area contributed by atoms with Crippen LogP contribution in [-0.4, -0.2) is 53.0 Å². The Morgan fingerprint density at radius 3 is 2.73 bits per heavy atom. The molecule has 6 nitrogen and oxygen atoms in total. The Balaban J connectivity index is 2.04. The summed E-state index contributed by atoms with van der Waals surface area (Å²) in [5, 5.41) is 18.8. The Kier molecular flexibility index (Phi) is 2.46. The summed E-state index contributed by atoms with van der Waals surface area (Å²) in [5.41, 5.74) is 0. The monoisotopic (exact) mass is 218 g/mol. The summed E-state index contributed by atoms with van der Waals surface area (Å²) >= 11 is 0. The maximum atomic E-state index is 11.0. The minimum atomic E-state index is -1.32. The molecule has 6 heteroatoms. The number of carbonyl (C=O) groups excluding carboxylic acids is 1. The maximum absolute atomic E-state index is 11.0. The molecule has 2 fully saturated rings. The van der Waals surface area contributed by atoms with E-state index in [4.69, 9.17) is 14.2 Å². The molecule has 0 bridgehead atoms. The van der Waals surface area contributed by atoms with Crippen molar-refractivity contribution >= 4 is 5.97 Å². The normalized spacial score (nSPS) is 40.4. The number of rotatable bonds is 2. The van der Waals surface area contributed by atoms with E-state index in [1.54, 1.807) is 0 Å². The Bertz CT molecular complexity index is 270. The van der Waals surface area contributed by atoms with E-state index >= 15 is 0 Å². The second-order valence-electron chi connectivity index (χ2n) is 4.25. The van der Waals surface area contributed by atoms with Crippen LogP contribution in [0, 0.1) is 0 Å². The summed E-state index contributed by atoms with van der Waals surface area (Å²) in [5.74, 6) is -2.02. The number of hydrogen-bond donors (Lipinski definition) is 2. The van der Waals surface area contributed by atoms with Crippen LogP contribution in [0.1, 0.15) is 13.8 Å². The molecule has 2 unspecified atom stereocenters. The Labute approximate surface area is 86.7 Å². The van der Waals surface area contributed by atoms with Gasteiger partial charge in [0.2, 0.25) is 0 Å². The predicted molar refractivity (Wildman–Crippen MR) is 46.8 cm³/mol. The second kappa shape index (κ2) is 3.41. The fourth-order valence-electron chi connectivity index (χ4n) is 1.83. The molecular weight excluding hydrogens is 204 g/mol. The molecule has 86 valence electrons. The molecule has 2 aliphatic heterocycles. The molecule has 2 N–H and O–H groups in total. The molecule has 2 saturated heterocycles. The summed E-state index contributed by atoms with van der Waals surface area (Å²) in [6, 6.07) is 0. The van der Waals surface area contributed by atoms with E-state index in [0.717, 1.165) is 0 Å². The molecule has 2 heterocycles. The summed E-state index contributed by atoms with van der Waals surface area (Å²) in [7, 11) is 0. The Hall–Kier alpha value is -0.690. The van der Waals surface area contributed by atoms with E-state index in [9.17, 15) is 15.0 Å². The number of fused-ring (bicyclic) bond motifs is 1. The van der Waals surface area contributed by atoms with Crippen molar-refractivity contribution in [3.8, 4) is 0 Å². The van der Waals surface area contributed by atoms with Gasteiger partial charge in [-0.05, 0) is 13.8 Å². The van der Waals surface area contributed by atoms with Gasteiger partial charge in [-0.3, -0.25) is 0 Å². The van der Waals surface area contributed by atoms with Gasteiger partial charge >= 0.3 is 5.97 Å². The van der Waals surface area contributed by atoms with Crippen molar-refractivity contribution in [3.63, 3.8) is 0 Å². The number of aliphatic hydroxyl groups excluding tert-OH is 1. The first-order valence-corrected chi connectivity index (χ1v) is 4.79. The third-order valence-electron chi connectivity index (χ3n) is 2.39. The molecule has 0 amide bonds. The van der Waals surface area contributed by atoms with Crippen LogP contribution in [0.15, 0.2) is 0 Å². The third kappa shape index (κ3) is 1.98. The number of hydrogen-bond acceptors (Lipinski definition) is 6. The van der Waals surface area contributed by atoms with E-state index in [1.165, 1.54) is 13.8 Å². The van der Waals surface area contributed by atoms with Crippen LogP contribution in [0.25, 0.3) is 0 Å². The van der Waals surface area contributed by atoms with Gasteiger partial charge in [0.25, 0.3) is 0 Å². The Morgan fingerprint density at radius 1 is 1.47 bits per heavy atom. The number of esters is 1. The zero-order chi connectivity index (χ0) is 11.2.